The summed E-state index contributed by atoms with van der Waals surface area (Å²) in [5.74, 6) is -0.119. The van der Waals surface area contributed by atoms with E-state index in [9.17, 15) is 23.2 Å². The summed E-state index contributed by atoms with van der Waals surface area (Å²) in [6.45, 7) is 0. The number of amides is 1. The molecule has 3 rings (SSSR count). The molecule has 2 aromatic rings. The van der Waals surface area contributed by atoms with E-state index in [0.717, 1.165) is 16.8 Å². The number of carbonyl (C=O) groups is 1. The molecule has 7 nitrogen and oxygen atoms in total. The van der Waals surface area contributed by atoms with Crippen molar-refractivity contribution in [2.24, 2.45) is 4.99 Å². The van der Waals surface area contributed by atoms with Gasteiger partial charge in [-0.3, -0.25) is 4.79 Å². The lowest BCUT2D eigenvalue weighted by molar-refractivity contribution is -0.137. The number of hydrogen-bond donors (Lipinski definition) is 0. The summed E-state index contributed by atoms with van der Waals surface area (Å²) in [5.41, 5.74) is -1.87. The molecule has 0 unspecified atom stereocenters. The Morgan fingerprint density at radius 1 is 1.25 bits per heavy atom. The van der Waals surface area contributed by atoms with Crippen LogP contribution in [0.25, 0.3) is 5.69 Å². The first-order chi connectivity index (χ1) is 14.8. The predicted molar refractivity (Wildman–Crippen MR) is 115 cm³/mol. The van der Waals surface area contributed by atoms with Gasteiger partial charge in [0.05, 0.1) is 32.9 Å². The van der Waals surface area contributed by atoms with Crippen molar-refractivity contribution in [1.82, 2.24) is 19.6 Å². The number of aliphatic imine (C=N–C) groups is 1. The van der Waals surface area contributed by atoms with Crippen molar-refractivity contribution in [2.45, 2.75) is 24.4 Å². The highest BCUT2D eigenvalue weighted by Gasteiger charge is 2.56. The molecule has 0 aliphatic heterocycles. The lowest BCUT2D eigenvalue weighted by Crippen LogP contribution is -2.34. The molecule has 0 radical (unpaired) electrons. The Bertz CT molecular complexity index is 1120. The van der Waals surface area contributed by atoms with E-state index in [-0.39, 0.29) is 33.2 Å². The van der Waals surface area contributed by atoms with Gasteiger partial charge in [-0.05, 0) is 25.0 Å². The van der Waals surface area contributed by atoms with Crippen molar-refractivity contribution in [3.05, 3.63) is 39.0 Å². The minimum Gasteiger partial charge on any atom is -0.369 e. The maximum atomic E-state index is 13.2. The number of likely N-dealkylation sites (N-methyl/N-ethyl adjacent to an activating group) is 1. The van der Waals surface area contributed by atoms with Gasteiger partial charge in [-0.25, -0.2) is 9.67 Å². The van der Waals surface area contributed by atoms with Crippen LogP contribution in [0.3, 0.4) is 0 Å². The first-order valence-corrected chi connectivity index (χ1v) is 10.1. The number of benzene rings is 1. The molecule has 1 saturated carbocycles. The van der Waals surface area contributed by atoms with Crippen LogP contribution < -0.4 is 0 Å². The van der Waals surface area contributed by atoms with Gasteiger partial charge >= 0.3 is 6.18 Å². The number of nitrogens with zero attached hydrogens (tertiary/aromatic N) is 6. The van der Waals surface area contributed by atoms with Gasteiger partial charge in [0, 0.05) is 28.2 Å². The van der Waals surface area contributed by atoms with E-state index >= 15 is 0 Å². The Kier molecular flexibility index (Phi) is 6.19. The quantitative estimate of drug-likeness (QED) is 0.463. The normalized spacial score (nSPS) is 15.0. The maximum absolute atomic E-state index is 13.2. The third-order valence-corrected chi connectivity index (χ3v) is 5.55. The van der Waals surface area contributed by atoms with Gasteiger partial charge in [0.2, 0.25) is 5.91 Å². The van der Waals surface area contributed by atoms with Crippen molar-refractivity contribution < 1.29 is 18.0 Å². The number of rotatable bonds is 5. The van der Waals surface area contributed by atoms with Crippen molar-refractivity contribution in [3.63, 3.8) is 0 Å². The Morgan fingerprint density at radius 3 is 2.22 bits per heavy atom. The van der Waals surface area contributed by atoms with Crippen LogP contribution in [0.15, 0.2) is 17.1 Å². The molecule has 0 saturated heterocycles. The lowest BCUT2D eigenvalue weighted by Gasteiger charge is -2.20. The molecular weight excluding hydrogens is 468 g/mol. The van der Waals surface area contributed by atoms with Crippen LogP contribution >= 0.6 is 23.2 Å². The van der Waals surface area contributed by atoms with Crippen molar-refractivity contribution >= 4 is 41.3 Å². The van der Waals surface area contributed by atoms with Crippen LogP contribution in [0.4, 0.5) is 19.0 Å². The zero-order chi connectivity index (χ0) is 24.0. The minimum absolute atomic E-state index is 0.0666. The third kappa shape index (κ3) is 4.14. The second kappa shape index (κ2) is 8.30. The molecule has 1 fully saturated rings. The molecular formula is C20H19Cl2F3N6O. The van der Waals surface area contributed by atoms with E-state index in [1.807, 2.05) is 6.07 Å². The SMILES string of the molecule is CN(C)C=Nc1c(C2(C(=O)N(C)C)CC2)c(C#N)nn1-c1c(Cl)cc(C(F)(F)F)cc1Cl. The van der Waals surface area contributed by atoms with E-state index < -0.39 is 17.2 Å². The molecule has 1 aliphatic rings. The van der Waals surface area contributed by atoms with E-state index in [4.69, 9.17) is 23.2 Å². The molecule has 0 atom stereocenters. The Balaban J connectivity index is 2.33. The summed E-state index contributed by atoms with van der Waals surface area (Å²) in [5, 5.41) is 13.3. The van der Waals surface area contributed by atoms with Crippen molar-refractivity contribution in [2.75, 3.05) is 28.2 Å². The first-order valence-electron chi connectivity index (χ1n) is 9.36. The third-order valence-electron chi connectivity index (χ3n) is 4.98. The Labute approximate surface area is 192 Å². The molecule has 32 heavy (non-hydrogen) atoms. The monoisotopic (exact) mass is 486 g/mol. The Morgan fingerprint density at radius 2 is 1.81 bits per heavy atom. The van der Waals surface area contributed by atoms with Crippen LogP contribution in [0.5, 0.6) is 0 Å². The summed E-state index contributed by atoms with van der Waals surface area (Å²) in [6, 6.07) is 3.43. The van der Waals surface area contributed by atoms with Crippen LogP contribution in [0.1, 0.15) is 29.7 Å². The summed E-state index contributed by atoms with van der Waals surface area (Å²) in [6.07, 6.45) is -2.27. The van der Waals surface area contributed by atoms with Gasteiger partial charge < -0.3 is 9.80 Å². The fourth-order valence-electron chi connectivity index (χ4n) is 3.43. The summed E-state index contributed by atoms with van der Waals surface area (Å²) in [4.78, 5) is 20.4. The van der Waals surface area contributed by atoms with Crippen LogP contribution in [0.2, 0.25) is 10.0 Å². The molecule has 1 amide bonds. The first kappa shape index (κ1) is 23.9. The molecule has 1 heterocycles. The van der Waals surface area contributed by atoms with Crippen molar-refractivity contribution in [1.29, 1.82) is 5.26 Å². The lowest BCUT2D eigenvalue weighted by atomic mass is 9.94. The average Bonchev–Trinajstić information content (AvgIpc) is 3.40. The average molecular weight is 487 g/mol. The number of carbonyl (C=O) groups excluding carboxylic acids is 1. The zero-order valence-electron chi connectivity index (χ0n) is 17.6. The van der Waals surface area contributed by atoms with Gasteiger partial charge in [0.1, 0.15) is 11.8 Å². The summed E-state index contributed by atoms with van der Waals surface area (Å²) in [7, 11) is 6.63. The van der Waals surface area contributed by atoms with E-state index in [0.29, 0.717) is 18.4 Å². The van der Waals surface area contributed by atoms with E-state index in [1.54, 1.807) is 33.1 Å². The molecule has 0 spiro atoms. The molecule has 1 aliphatic carbocycles. The minimum atomic E-state index is -4.65. The van der Waals surface area contributed by atoms with Crippen molar-refractivity contribution in [3.8, 4) is 11.8 Å². The molecule has 0 bridgehead atoms. The van der Waals surface area contributed by atoms with E-state index in [2.05, 4.69) is 10.1 Å². The van der Waals surface area contributed by atoms with Gasteiger partial charge in [-0.2, -0.15) is 23.5 Å². The maximum Gasteiger partial charge on any atom is 0.416 e. The second-order valence-corrected chi connectivity index (χ2v) is 8.66. The van der Waals surface area contributed by atoms with Gasteiger partial charge in [-0.15, -0.1) is 0 Å². The fourth-order valence-corrected chi connectivity index (χ4v) is 4.08. The Hall–Kier alpha value is -2.77. The highest BCUT2D eigenvalue weighted by atomic mass is 35.5. The predicted octanol–water partition coefficient (Wildman–Crippen LogP) is 4.41. The number of aromatic nitrogens is 2. The number of halogens is 5. The van der Waals surface area contributed by atoms with E-state index in [1.165, 1.54) is 11.2 Å². The topological polar surface area (TPSA) is 77.5 Å². The second-order valence-electron chi connectivity index (χ2n) is 7.85. The number of nitriles is 1. The highest BCUT2D eigenvalue weighted by Crippen LogP contribution is 2.54. The number of hydrogen-bond acceptors (Lipinski definition) is 4. The van der Waals surface area contributed by atoms with Gasteiger partial charge in [0.15, 0.2) is 11.5 Å². The van der Waals surface area contributed by atoms with Gasteiger partial charge in [-0.1, -0.05) is 23.2 Å². The molecule has 12 heteroatoms. The number of alkyl halides is 3. The summed E-state index contributed by atoms with van der Waals surface area (Å²) < 4.78 is 40.6. The van der Waals surface area contributed by atoms with Gasteiger partial charge in [0.25, 0.3) is 0 Å². The smallest absolute Gasteiger partial charge is 0.369 e. The standard InChI is InChI=1S/C20H19Cl2F3N6O/c1-29(2)10-27-17-15(19(5-6-19)18(32)30(3)4)14(9-26)28-31(17)16-12(21)7-11(8-13(16)22)20(23,24)25/h7-8,10H,5-6H2,1-4H3. The van der Waals surface area contributed by atoms with Crippen LogP contribution in [-0.2, 0) is 16.4 Å². The highest BCUT2D eigenvalue weighted by molar-refractivity contribution is 6.38. The van der Waals surface area contributed by atoms with Crippen LogP contribution in [-0.4, -0.2) is 60.0 Å². The molecule has 1 aromatic carbocycles. The largest absolute Gasteiger partial charge is 0.416 e. The fraction of sp³-hybridized carbons (Fsp3) is 0.400. The zero-order valence-corrected chi connectivity index (χ0v) is 19.1. The molecule has 170 valence electrons. The summed E-state index contributed by atoms with van der Waals surface area (Å²) >= 11 is 12.4. The molecule has 1 aromatic heterocycles. The molecule has 0 N–H and O–H groups in total. The van der Waals surface area contributed by atoms with Crippen LogP contribution in [0, 0.1) is 11.3 Å².